The molecule has 1 heteroatoms. The molecule has 1 aromatic rings. The van der Waals surface area contributed by atoms with Gasteiger partial charge in [-0.3, -0.25) is 0 Å². The van der Waals surface area contributed by atoms with E-state index in [-0.39, 0.29) is 11.5 Å². The van der Waals surface area contributed by atoms with Crippen molar-refractivity contribution in [2.45, 2.75) is 32.8 Å². The number of aliphatic hydroxyl groups is 1. The van der Waals surface area contributed by atoms with Gasteiger partial charge in [-0.1, -0.05) is 38.1 Å². The van der Waals surface area contributed by atoms with Gasteiger partial charge in [0.05, 0.1) is 6.10 Å². The van der Waals surface area contributed by atoms with Gasteiger partial charge in [-0.05, 0) is 29.4 Å². The van der Waals surface area contributed by atoms with Crippen molar-refractivity contribution in [2.24, 2.45) is 5.41 Å². The largest absolute Gasteiger partial charge is 0.392 e. The summed E-state index contributed by atoms with van der Waals surface area (Å²) in [6, 6.07) is 8.41. The molecule has 0 amide bonds. The van der Waals surface area contributed by atoms with Gasteiger partial charge < -0.3 is 5.11 Å². The summed E-state index contributed by atoms with van der Waals surface area (Å²) >= 11 is 0. The molecule has 1 aliphatic rings. The third-order valence-corrected chi connectivity index (χ3v) is 3.08. The topological polar surface area (TPSA) is 20.2 Å². The summed E-state index contributed by atoms with van der Waals surface area (Å²) in [4.78, 5) is 0. The van der Waals surface area contributed by atoms with Crippen LogP contribution in [-0.2, 0) is 12.8 Å². The molecule has 0 saturated carbocycles. The quantitative estimate of drug-likeness (QED) is 0.642. The van der Waals surface area contributed by atoms with Gasteiger partial charge in [-0.25, -0.2) is 0 Å². The molecule has 0 bridgehead atoms. The molecule has 2 rings (SSSR count). The van der Waals surface area contributed by atoms with Gasteiger partial charge in [0.1, 0.15) is 0 Å². The normalized spacial score (nSPS) is 25.3. The molecule has 13 heavy (non-hydrogen) atoms. The van der Waals surface area contributed by atoms with E-state index < -0.39 is 0 Å². The first-order valence-corrected chi connectivity index (χ1v) is 4.84. The molecule has 1 aromatic carbocycles. The SMILES string of the molecule is CC1(C)Cc2ccccc2CC1O. The summed E-state index contributed by atoms with van der Waals surface area (Å²) in [6.07, 6.45) is 1.61. The van der Waals surface area contributed by atoms with Crippen LogP contribution in [0.2, 0.25) is 0 Å². The van der Waals surface area contributed by atoms with Crippen LogP contribution in [0.5, 0.6) is 0 Å². The van der Waals surface area contributed by atoms with E-state index in [9.17, 15) is 5.11 Å². The van der Waals surface area contributed by atoms with Crippen LogP contribution in [0.3, 0.4) is 0 Å². The fraction of sp³-hybridized carbons (Fsp3) is 0.500. The highest BCUT2D eigenvalue weighted by atomic mass is 16.3. The van der Waals surface area contributed by atoms with Crippen LogP contribution in [0.15, 0.2) is 24.3 Å². The molecule has 1 N–H and O–H groups in total. The molecule has 0 spiro atoms. The van der Waals surface area contributed by atoms with E-state index in [1.165, 1.54) is 11.1 Å². The van der Waals surface area contributed by atoms with E-state index in [0.717, 1.165) is 12.8 Å². The number of benzene rings is 1. The first-order valence-electron chi connectivity index (χ1n) is 4.84. The zero-order valence-electron chi connectivity index (χ0n) is 8.25. The maximum absolute atomic E-state index is 9.88. The lowest BCUT2D eigenvalue weighted by Gasteiger charge is -2.36. The Morgan fingerprint density at radius 1 is 1.23 bits per heavy atom. The van der Waals surface area contributed by atoms with Crippen LogP contribution < -0.4 is 0 Å². The lowest BCUT2D eigenvalue weighted by atomic mass is 9.72. The lowest BCUT2D eigenvalue weighted by molar-refractivity contribution is 0.0426. The van der Waals surface area contributed by atoms with Gasteiger partial charge in [0.25, 0.3) is 0 Å². The van der Waals surface area contributed by atoms with E-state index >= 15 is 0 Å². The zero-order valence-corrected chi connectivity index (χ0v) is 8.25. The summed E-state index contributed by atoms with van der Waals surface area (Å²) in [5.41, 5.74) is 2.75. The Hall–Kier alpha value is -0.820. The standard InChI is InChI=1S/C12H16O/c1-12(2)8-10-6-4-3-5-9(10)7-11(12)13/h3-6,11,13H,7-8H2,1-2H3. The summed E-state index contributed by atoms with van der Waals surface area (Å²) in [5, 5.41) is 9.88. The molecule has 0 fully saturated rings. The molecular formula is C12H16O. The van der Waals surface area contributed by atoms with E-state index in [1.807, 2.05) is 6.07 Å². The molecule has 1 atom stereocenters. The van der Waals surface area contributed by atoms with Crippen molar-refractivity contribution >= 4 is 0 Å². The third kappa shape index (κ3) is 1.49. The number of hydrogen-bond donors (Lipinski definition) is 1. The first-order chi connectivity index (χ1) is 6.09. The highest BCUT2D eigenvalue weighted by Gasteiger charge is 2.33. The molecule has 70 valence electrons. The van der Waals surface area contributed by atoms with Gasteiger partial charge in [0.15, 0.2) is 0 Å². The van der Waals surface area contributed by atoms with Crippen molar-refractivity contribution in [3.05, 3.63) is 35.4 Å². The Balaban J connectivity index is 2.39. The number of hydrogen-bond acceptors (Lipinski definition) is 1. The van der Waals surface area contributed by atoms with Gasteiger partial charge in [0, 0.05) is 0 Å². The Kier molecular flexibility index (Phi) is 1.92. The summed E-state index contributed by atoms with van der Waals surface area (Å²) < 4.78 is 0. The van der Waals surface area contributed by atoms with Crippen LogP contribution in [0, 0.1) is 5.41 Å². The number of rotatable bonds is 0. The Labute approximate surface area is 79.4 Å². The van der Waals surface area contributed by atoms with E-state index in [4.69, 9.17) is 0 Å². The van der Waals surface area contributed by atoms with E-state index in [0.29, 0.717) is 0 Å². The first kappa shape index (κ1) is 8.76. The average Bonchev–Trinajstić information content (AvgIpc) is 2.06. The van der Waals surface area contributed by atoms with Crippen molar-refractivity contribution in [2.75, 3.05) is 0 Å². The van der Waals surface area contributed by atoms with Crippen molar-refractivity contribution in [1.82, 2.24) is 0 Å². The van der Waals surface area contributed by atoms with Crippen LogP contribution >= 0.6 is 0 Å². The molecule has 1 nitrogen and oxygen atoms in total. The Bertz CT molecular complexity index is 315. The fourth-order valence-electron chi connectivity index (χ4n) is 2.02. The molecule has 0 saturated heterocycles. The van der Waals surface area contributed by atoms with Gasteiger partial charge in [-0.15, -0.1) is 0 Å². The average molecular weight is 176 g/mol. The van der Waals surface area contributed by atoms with Gasteiger partial charge in [0.2, 0.25) is 0 Å². The minimum atomic E-state index is -0.192. The van der Waals surface area contributed by atoms with Crippen molar-refractivity contribution in [1.29, 1.82) is 0 Å². The smallest absolute Gasteiger partial charge is 0.0634 e. The molecular weight excluding hydrogens is 160 g/mol. The second-order valence-electron chi connectivity index (χ2n) is 4.65. The van der Waals surface area contributed by atoms with E-state index in [1.54, 1.807) is 0 Å². The highest BCUT2D eigenvalue weighted by molar-refractivity contribution is 5.31. The van der Waals surface area contributed by atoms with E-state index in [2.05, 4.69) is 32.0 Å². The summed E-state index contributed by atoms with van der Waals surface area (Å²) in [6.45, 7) is 4.27. The molecule has 0 aromatic heterocycles. The Morgan fingerprint density at radius 2 is 1.85 bits per heavy atom. The Morgan fingerprint density at radius 3 is 2.54 bits per heavy atom. The fourth-order valence-corrected chi connectivity index (χ4v) is 2.02. The lowest BCUT2D eigenvalue weighted by Crippen LogP contribution is -2.37. The molecule has 0 aliphatic heterocycles. The monoisotopic (exact) mass is 176 g/mol. The molecule has 1 aliphatic carbocycles. The van der Waals surface area contributed by atoms with Crippen LogP contribution in [0.4, 0.5) is 0 Å². The maximum Gasteiger partial charge on any atom is 0.0634 e. The van der Waals surface area contributed by atoms with Crippen LogP contribution in [-0.4, -0.2) is 11.2 Å². The predicted octanol–water partition coefficient (Wildman–Crippen LogP) is 2.17. The number of aliphatic hydroxyl groups excluding tert-OH is 1. The summed E-state index contributed by atoms with van der Waals surface area (Å²) in [7, 11) is 0. The third-order valence-electron chi connectivity index (χ3n) is 3.08. The summed E-state index contributed by atoms with van der Waals surface area (Å²) in [5.74, 6) is 0. The second-order valence-corrected chi connectivity index (χ2v) is 4.65. The predicted molar refractivity (Wildman–Crippen MR) is 53.6 cm³/mol. The second kappa shape index (κ2) is 2.85. The van der Waals surface area contributed by atoms with Crippen molar-refractivity contribution in [3.63, 3.8) is 0 Å². The molecule has 1 unspecified atom stereocenters. The minimum Gasteiger partial charge on any atom is -0.392 e. The molecule has 0 heterocycles. The van der Waals surface area contributed by atoms with Crippen LogP contribution in [0.1, 0.15) is 25.0 Å². The number of fused-ring (bicyclic) bond motifs is 1. The zero-order chi connectivity index (χ0) is 9.47. The maximum atomic E-state index is 9.88. The molecule has 0 radical (unpaired) electrons. The minimum absolute atomic E-state index is 0.0361. The van der Waals surface area contributed by atoms with Crippen molar-refractivity contribution in [3.8, 4) is 0 Å². The van der Waals surface area contributed by atoms with Gasteiger partial charge >= 0.3 is 0 Å². The highest BCUT2D eigenvalue weighted by Crippen LogP contribution is 2.34. The van der Waals surface area contributed by atoms with Crippen molar-refractivity contribution < 1.29 is 5.11 Å². The van der Waals surface area contributed by atoms with Gasteiger partial charge in [-0.2, -0.15) is 0 Å². The van der Waals surface area contributed by atoms with Crippen LogP contribution in [0.25, 0.3) is 0 Å².